The van der Waals surface area contributed by atoms with Gasteiger partial charge in [-0.05, 0) is 18.3 Å². The Hall–Kier alpha value is -1.47. The molecule has 0 heterocycles. The monoisotopic (exact) mass is 312 g/mol. The maximum Gasteiger partial charge on any atom is 0.389 e. The first-order valence-electron chi connectivity index (χ1n) is 6.72. The summed E-state index contributed by atoms with van der Waals surface area (Å²) in [6, 6.07) is -1.21. The molecule has 0 aromatic rings. The summed E-state index contributed by atoms with van der Waals surface area (Å²) >= 11 is 0. The van der Waals surface area contributed by atoms with E-state index in [-0.39, 0.29) is 24.8 Å². The van der Waals surface area contributed by atoms with Crippen molar-refractivity contribution in [2.75, 3.05) is 6.54 Å². The molecule has 0 saturated heterocycles. The molecule has 0 aromatic carbocycles. The molecule has 0 saturated carbocycles. The number of carboxylic acids is 1. The van der Waals surface area contributed by atoms with Crippen molar-refractivity contribution in [2.45, 2.75) is 58.7 Å². The number of nitrogens with one attached hydrogen (secondary N) is 2. The largest absolute Gasteiger partial charge is 0.481 e. The highest BCUT2D eigenvalue weighted by atomic mass is 19.4. The first-order valence-corrected chi connectivity index (χ1v) is 6.72. The quantitative estimate of drug-likeness (QED) is 0.632. The molecule has 3 N–H and O–H groups in total. The van der Waals surface area contributed by atoms with Gasteiger partial charge in [-0.2, -0.15) is 13.2 Å². The van der Waals surface area contributed by atoms with E-state index in [1.165, 1.54) is 0 Å². The third-order valence-corrected chi connectivity index (χ3v) is 2.54. The maximum atomic E-state index is 11.9. The fraction of sp³-hybridized carbons (Fsp3) is 0.846. The maximum absolute atomic E-state index is 11.9. The summed E-state index contributed by atoms with van der Waals surface area (Å²) < 4.78 is 35.8. The lowest BCUT2D eigenvalue weighted by Crippen LogP contribution is -2.44. The average Bonchev–Trinajstić information content (AvgIpc) is 2.19. The van der Waals surface area contributed by atoms with E-state index in [4.69, 9.17) is 5.11 Å². The van der Waals surface area contributed by atoms with E-state index >= 15 is 0 Å². The van der Waals surface area contributed by atoms with Gasteiger partial charge in [0.05, 0.1) is 6.42 Å². The molecule has 0 aliphatic carbocycles. The van der Waals surface area contributed by atoms with Crippen molar-refractivity contribution in [1.29, 1.82) is 0 Å². The summed E-state index contributed by atoms with van der Waals surface area (Å²) in [5.41, 5.74) is -0.177. The second kappa shape index (κ2) is 8.09. The Morgan fingerprint density at radius 2 is 1.76 bits per heavy atom. The zero-order chi connectivity index (χ0) is 16.7. The van der Waals surface area contributed by atoms with E-state index in [1.54, 1.807) is 0 Å². The molecule has 0 rings (SSSR count). The first-order chi connectivity index (χ1) is 9.39. The SMILES string of the molecule is CC(C)(C)CC(CC(=O)O)NC(=O)NCCCC(F)(F)F. The molecular formula is C13H23F3N2O3. The highest BCUT2D eigenvalue weighted by Crippen LogP contribution is 2.22. The van der Waals surface area contributed by atoms with Crippen LogP contribution in [-0.4, -0.2) is 35.9 Å². The van der Waals surface area contributed by atoms with Crippen LogP contribution in [-0.2, 0) is 4.79 Å². The van der Waals surface area contributed by atoms with Gasteiger partial charge in [0.1, 0.15) is 0 Å². The Morgan fingerprint density at radius 1 is 1.19 bits per heavy atom. The highest BCUT2D eigenvalue weighted by molar-refractivity contribution is 5.75. The lowest BCUT2D eigenvalue weighted by molar-refractivity contribution is -0.138. The van der Waals surface area contributed by atoms with E-state index < -0.39 is 30.6 Å². The Kier molecular flexibility index (Phi) is 7.52. The molecule has 0 spiro atoms. The van der Waals surface area contributed by atoms with Gasteiger partial charge in [-0.1, -0.05) is 20.8 Å². The summed E-state index contributed by atoms with van der Waals surface area (Å²) in [7, 11) is 0. The fourth-order valence-electron chi connectivity index (χ4n) is 1.85. The van der Waals surface area contributed by atoms with E-state index in [1.807, 2.05) is 20.8 Å². The molecule has 1 unspecified atom stereocenters. The number of aliphatic carboxylic acids is 1. The summed E-state index contributed by atoms with van der Waals surface area (Å²) in [5, 5.41) is 13.6. The fourth-order valence-corrected chi connectivity index (χ4v) is 1.85. The van der Waals surface area contributed by atoms with E-state index in [0.29, 0.717) is 6.42 Å². The predicted molar refractivity (Wildman–Crippen MR) is 71.9 cm³/mol. The number of carboxylic acid groups (broad SMARTS) is 1. The van der Waals surface area contributed by atoms with Crippen molar-refractivity contribution in [3.8, 4) is 0 Å². The summed E-state index contributed by atoms with van der Waals surface area (Å²) in [5.74, 6) is -1.04. The van der Waals surface area contributed by atoms with Crippen molar-refractivity contribution in [1.82, 2.24) is 10.6 Å². The zero-order valence-electron chi connectivity index (χ0n) is 12.5. The molecule has 8 heteroatoms. The van der Waals surface area contributed by atoms with Gasteiger partial charge in [0.25, 0.3) is 0 Å². The second-order valence-corrected chi connectivity index (χ2v) is 6.18. The van der Waals surface area contributed by atoms with E-state index in [9.17, 15) is 22.8 Å². The van der Waals surface area contributed by atoms with Crippen LogP contribution in [0.4, 0.5) is 18.0 Å². The van der Waals surface area contributed by atoms with Crippen molar-refractivity contribution < 1.29 is 27.9 Å². The molecule has 0 bridgehead atoms. The van der Waals surface area contributed by atoms with Crippen LogP contribution in [0.5, 0.6) is 0 Å². The van der Waals surface area contributed by atoms with Crippen LogP contribution in [0.2, 0.25) is 0 Å². The molecule has 21 heavy (non-hydrogen) atoms. The minimum absolute atomic E-state index is 0.110. The minimum Gasteiger partial charge on any atom is -0.481 e. The number of hydrogen-bond acceptors (Lipinski definition) is 2. The van der Waals surface area contributed by atoms with Crippen LogP contribution in [0.3, 0.4) is 0 Å². The number of alkyl halides is 3. The first kappa shape index (κ1) is 19.5. The molecule has 124 valence electrons. The molecule has 0 aliphatic rings. The topological polar surface area (TPSA) is 78.4 Å². The lowest BCUT2D eigenvalue weighted by Gasteiger charge is -2.25. The molecule has 0 aromatic heterocycles. The molecule has 5 nitrogen and oxygen atoms in total. The molecule has 2 amide bonds. The number of carbonyl (C=O) groups is 2. The van der Waals surface area contributed by atoms with Gasteiger partial charge in [-0.25, -0.2) is 4.79 Å². The third-order valence-electron chi connectivity index (χ3n) is 2.54. The van der Waals surface area contributed by atoms with Gasteiger partial charge < -0.3 is 15.7 Å². The van der Waals surface area contributed by atoms with E-state index in [2.05, 4.69) is 10.6 Å². The van der Waals surface area contributed by atoms with Crippen molar-refractivity contribution in [3.63, 3.8) is 0 Å². The molecule has 0 radical (unpaired) electrons. The van der Waals surface area contributed by atoms with Crippen molar-refractivity contribution in [3.05, 3.63) is 0 Å². The van der Waals surface area contributed by atoms with Crippen LogP contribution < -0.4 is 10.6 Å². The third kappa shape index (κ3) is 13.3. The van der Waals surface area contributed by atoms with Crippen molar-refractivity contribution in [2.24, 2.45) is 5.41 Å². The summed E-state index contributed by atoms with van der Waals surface area (Å²) in [4.78, 5) is 22.3. The highest BCUT2D eigenvalue weighted by Gasteiger charge is 2.26. The molecule has 0 aliphatic heterocycles. The molecular weight excluding hydrogens is 289 g/mol. The Bertz CT molecular complexity index is 352. The van der Waals surface area contributed by atoms with Crippen molar-refractivity contribution >= 4 is 12.0 Å². The van der Waals surface area contributed by atoms with Gasteiger partial charge in [0, 0.05) is 19.0 Å². The van der Waals surface area contributed by atoms with Crippen LogP contribution in [0.25, 0.3) is 0 Å². The predicted octanol–water partition coefficient (Wildman–Crippen LogP) is 2.91. The zero-order valence-corrected chi connectivity index (χ0v) is 12.5. The van der Waals surface area contributed by atoms with Crippen LogP contribution in [0.15, 0.2) is 0 Å². The smallest absolute Gasteiger partial charge is 0.389 e. The number of halogens is 3. The minimum atomic E-state index is -4.24. The average molecular weight is 312 g/mol. The van der Waals surface area contributed by atoms with Gasteiger partial charge in [0.15, 0.2) is 0 Å². The number of hydrogen-bond donors (Lipinski definition) is 3. The van der Waals surface area contributed by atoms with Gasteiger partial charge in [-0.3, -0.25) is 4.79 Å². The molecule has 1 atom stereocenters. The van der Waals surface area contributed by atoms with E-state index in [0.717, 1.165) is 0 Å². The standard InChI is InChI=1S/C13H23F3N2O3/c1-12(2,3)8-9(7-10(19)20)18-11(21)17-6-4-5-13(14,15)16/h9H,4-8H2,1-3H3,(H,19,20)(H2,17,18,21). The lowest BCUT2D eigenvalue weighted by atomic mass is 9.87. The van der Waals surface area contributed by atoms with Crippen LogP contribution in [0.1, 0.15) is 46.5 Å². The Balaban J connectivity index is 4.18. The Morgan fingerprint density at radius 3 is 2.19 bits per heavy atom. The summed E-state index contributed by atoms with van der Waals surface area (Å²) in [6.07, 6.45) is -5.19. The number of rotatable bonds is 7. The number of carbonyl (C=O) groups excluding carboxylic acids is 1. The van der Waals surface area contributed by atoms with Gasteiger partial charge >= 0.3 is 18.2 Å². The molecule has 0 fully saturated rings. The Labute approximate surface area is 122 Å². The number of amides is 2. The van der Waals surface area contributed by atoms with Gasteiger partial charge in [0.2, 0.25) is 0 Å². The van der Waals surface area contributed by atoms with Gasteiger partial charge in [-0.15, -0.1) is 0 Å². The van der Waals surface area contributed by atoms with Crippen LogP contribution >= 0.6 is 0 Å². The second-order valence-electron chi connectivity index (χ2n) is 6.18. The summed E-state index contributed by atoms with van der Waals surface area (Å²) in [6.45, 7) is 5.61. The normalized spacial score (nSPS) is 13.6. The van der Waals surface area contributed by atoms with Crippen LogP contribution in [0, 0.1) is 5.41 Å². The number of urea groups is 1.